The highest BCUT2D eigenvalue weighted by Gasteiger charge is 2.59. The Bertz CT molecular complexity index is 908. The fourth-order valence-electron chi connectivity index (χ4n) is 4.32. The molecule has 1 unspecified atom stereocenters. The summed E-state index contributed by atoms with van der Waals surface area (Å²) in [4.78, 5) is 39.6. The number of fused-ring (bicyclic) bond motifs is 3. The van der Waals surface area contributed by atoms with Crippen molar-refractivity contribution in [3.05, 3.63) is 46.2 Å². The minimum Gasteiger partial charge on any atom is -0.511 e. The molecule has 1 aromatic heterocycles. The van der Waals surface area contributed by atoms with Gasteiger partial charge in [0.25, 0.3) is 5.91 Å². The Kier molecular flexibility index (Phi) is 3.02. The number of ketones is 2. The summed E-state index contributed by atoms with van der Waals surface area (Å²) in [5.74, 6) is -5.28. The van der Waals surface area contributed by atoms with Gasteiger partial charge in [-0.15, -0.1) is 0 Å². The molecule has 6 N–H and O–H groups in total. The molecule has 4 rings (SSSR count). The first kappa shape index (κ1) is 15.6. The van der Waals surface area contributed by atoms with Crippen molar-refractivity contribution < 1.29 is 29.7 Å². The third kappa shape index (κ3) is 1.82. The summed E-state index contributed by atoms with van der Waals surface area (Å²) in [5.41, 5.74) is 3.07. The monoisotopic (exact) mass is 344 g/mol. The molecule has 8 nitrogen and oxygen atoms in total. The lowest BCUT2D eigenvalue weighted by Gasteiger charge is -2.45. The maximum atomic E-state index is 12.7. The molecule has 3 aliphatic rings. The molecule has 0 saturated heterocycles. The number of rotatable bonds is 1. The maximum Gasteiger partial charge on any atom is 0.255 e. The van der Waals surface area contributed by atoms with Crippen molar-refractivity contribution in [3.8, 4) is 0 Å². The van der Waals surface area contributed by atoms with Crippen LogP contribution in [0.5, 0.6) is 0 Å². The number of hydrogen-bond acceptors (Lipinski definition) is 6. The van der Waals surface area contributed by atoms with Crippen LogP contribution in [0.15, 0.2) is 34.9 Å². The van der Waals surface area contributed by atoms with Crippen LogP contribution < -0.4 is 5.73 Å². The van der Waals surface area contributed by atoms with E-state index in [-0.39, 0.29) is 24.3 Å². The smallest absolute Gasteiger partial charge is 0.255 e. The highest BCUT2D eigenvalue weighted by Crippen LogP contribution is 2.50. The Labute approximate surface area is 141 Å². The van der Waals surface area contributed by atoms with Crippen LogP contribution in [0.1, 0.15) is 28.9 Å². The molecule has 0 saturated carbocycles. The second kappa shape index (κ2) is 4.82. The predicted molar refractivity (Wildman–Crippen MR) is 83.5 cm³/mol. The zero-order valence-electron chi connectivity index (χ0n) is 13.1. The average molecular weight is 344 g/mol. The number of aromatic nitrogens is 1. The first-order valence-electron chi connectivity index (χ1n) is 7.90. The number of aromatic amines is 1. The first-order chi connectivity index (χ1) is 11.8. The predicted octanol–water partition coefficient (Wildman–Crippen LogP) is 0.203. The Balaban J connectivity index is 1.90. The van der Waals surface area contributed by atoms with E-state index < -0.39 is 46.1 Å². The van der Waals surface area contributed by atoms with Crippen molar-refractivity contribution in [2.24, 2.45) is 17.6 Å². The van der Waals surface area contributed by atoms with Gasteiger partial charge in [-0.1, -0.05) is 0 Å². The second-order valence-electron chi connectivity index (χ2n) is 6.79. The quantitative estimate of drug-likeness (QED) is 0.459. The van der Waals surface area contributed by atoms with Gasteiger partial charge in [-0.25, -0.2) is 0 Å². The van der Waals surface area contributed by atoms with E-state index in [0.717, 1.165) is 5.56 Å². The van der Waals surface area contributed by atoms with E-state index in [0.29, 0.717) is 12.1 Å². The van der Waals surface area contributed by atoms with Gasteiger partial charge < -0.3 is 26.0 Å². The van der Waals surface area contributed by atoms with Crippen molar-refractivity contribution in [1.29, 1.82) is 0 Å². The van der Waals surface area contributed by atoms with Crippen molar-refractivity contribution >= 4 is 17.5 Å². The van der Waals surface area contributed by atoms with Gasteiger partial charge in [0.2, 0.25) is 11.6 Å². The van der Waals surface area contributed by atoms with Crippen LogP contribution in [0, 0.1) is 11.8 Å². The van der Waals surface area contributed by atoms with E-state index in [2.05, 4.69) is 4.98 Å². The van der Waals surface area contributed by atoms with E-state index in [1.807, 2.05) is 0 Å². The average Bonchev–Trinajstić information content (AvgIpc) is 2.99. The molecule has 0 spiro atoms. The Morgan fingerprint density at radius 1 is 1.28 bits per heavy atom. The molecule has 25 heavy (non-hydrogen) atoms. The van der Waals surface area contributed by atoms with Gasteiger partial charge in [-0.3, -0.25) is 14.4 Å². The molecule has 8 heteroatoms. The molecule has 0 radical (unpaired) electrons. The molecule has 1 heterocycles. The number of carbonyl (C=O) groups is 3. The summed E-state index contributed by atoms with van der Waals surface area (Å²) in [5, 5.41) is 31.6. The number of carbonyl (C=O) groups excluding carboxylic acids is 3. The summed E-state index contributed by atoms with van der Waals surface area (Å²) >= 11 is 0. The number of H-pyrrole nitrogens is 1. The summed E-state index contributed by atoms with van der Waals surface area (Å²) in [7, 11) is 0. The number of allylic oxidation sites excluding steroid dienone is 2. The summed E-state index contributed by atoms with van der Waals surface area (Å²) in [6, 6.07) is 1.77. The van der Waals surface area contributed by atoms with Gasteiger partial charge in [0, 0.05) is 24.1 Å². The van der Waals surface area contributed by atoms with E-state index in [1.165, 1.54) is 0 Å². The second-order valence-corrected chi connectivity index (χ2v) is 6.79. The number of primary amides is 1. The first-order valence-corrected chi connectivity index (χ1v) is 7.90. The number of aliphatic hydroxyl groups is 3. The summed E-state index contributed by atoms with van der Waals surface area (Å²) < 4.78 is 0. The number of aliphatic hydroxyl groups excluding tert-OH is 2. The van der Waals surface area contributed by atoms with Crippen LogP contribution in [0.3, 0.4) is 0 Å². The zero-order valence-corrected chi connectivity index (χ0v) is 13.1. The summed E-state index contributed by atoms with van der Waals surface area (Å²) in [6.07, 6.45) is 2.12. The van der Waals surface area contributed by atoms with Gasteiger partial charge in [0.15, 0.2) is 5.60 Å². The third-order valence-corrected chi connectivity index (χ3v) is 5.50. The van der Waals surface area contributed by atoms with Crippen LogP contribution in [-0.4, -0.2) is 43.4 Å². The Hall–Kier alpha value is -2.87. The van der Waals surface area contributed by atoms with E-state index in [4.69, 9.17) is 5.73 Å². The maximum absolute atomic E-state index is 12.7. The molecule has 130 valence electrons. The van der Waals surface area contributed by atoms with E-state index in [1.54, 1.807) is 12.3 Å². The largest absolute Gasteiger partial charge is 0.511 e. The summed E-state index contributed by atoms with van der Waals surface area (Å²) in [6.45, 7) is 0. The molecule has 3 atom stereocenters. The van der Waals surface area contributed by atoms with Crippen LogP contribution in [0.25, 0.3) is 0 Å². The molecule has 3 aliphatic carbocycles. The molecular formula is C17H16N2O6. The fraction of sp³-hybridized carbons (Fsp3) is 0.353. The Morgan fingerprint density at radius 3 is 2.68 bits per heavy atom. The van der Waals surface area contributed by atoms with Crippen LogP contribution in [-0.2, 0) is 16.0 Å². The van der Waals surface area contributed by atoms with Crippen molar-refractivity contribution in [2.75, 3.05) is 0 Å². The number of hydrogen-bond donors (Lipinski definition) is 5. The number of Topliss-reactive ketones (excluding diaryl/α,β-unsaturated/α-hetero) is 2. The zero-order chi connectivity index (χ0) is 18.1. The fourth-order valence-corrected chi connectivity index (χ4v) is 4.32. The SMILES string of the molecule is NC(=O)C1=C(O)C[C@@H]2CC3Cc4cc[nH]c4C(=O)C3=C(O)[C@]2(O)C1=O. The molecular weight excluding hydrogens is 328 g/mol. The minimum absolute atomic E-state index is 0.0211. The highest BCUT2D eigenvalue weighted by molar-refractivity contribution is 6.24. The van der Waals surface area contributed by atoms with Crippen molar-refractivity contribution in [2.45, 2.75) is 24.9 Å². The number of nitrogens with one attached hydrogen (secondary N) is 1. The molecule has 0 bridgehead atoms. The van der Waals surface area contributed by atoms with Gasteiger partial charge in [-0.2, -0.15) is 0 Å². The normalized spacial score (nSPS) is 31.6. The number of nitrogens with two attached hydrogens (primary N) is 1. The highest BCUT2D eigenvalue weighted by atomic mass is 16.3. The lowest BCUT2D eigenvalue weighted by molar-refractivity contribution is -0.144. The Morgan fingerprint density at radius 2 is 2.00 bits per heavy atom. The van der Waals surface area contributed by atoms with E-state index >= 15 is 0 Å². The van der Waals surface area contributed by atoms with Crippen LogP contribution in [0.2, 0.25) is 0 Å². The molecule has 0 aromatic carbocycles. The number of amides is 1. The van der Waals surface area contributed by atoms with Gasteiger partial charge >= 0.3 is 0 Å². The molecule has 1 amide bonds. The van der Waals surface area contributed by atoms with Gasteiger partial charge in [0.1, 0.15) is 17.1 Å². The van der Waals surface area contributed by atoms with Crippen molar-refractivity contribution in [3.63, 3.8) is 0 Å². The molecule has 0 aliphatic heterocycles. The van der Waals surface area contributed by atoms with Crippen LogP contribution >= 0.6 is 0 Å². The van der Waals surface area contributed by atoms with Gasteiger partial charge in [0.05, 0.1) is 5.69 Å². The third-order valence-electron chi connectivity index (χ3n) is 5.50. The van der Waals surface area contributed by atoms with Gasteiger partial charge in [-0.05, 0) is 30.4 Å². The molecule has 1 aromatic rings. The minimum atomic E-state index is -2.43. The lowest BCUT2D eigenvalue weighted by atomic mass is 9.61. The standard InChI is InChI=1S/C17H16N2O6/c18-16(24)11-9(20)5-8-4-7-3-6-1-2-19-12(6)13(21)10(7)14(22)17(8,25)15(11)23/h1-2,7-8,19-20,22,25H,3-5H2,(H2,18,24)/t7?,8-,17-/m0/s1. The van der Waals surface area contributed by atoms with Crippen LogP contribution in [0.4, 0.5) is 0 Å². The van der Waals surface area contributed by atoms with E-state index in [9.17, 15) is 29.7 Å². The van der Waals surface area contributed by atoms with Crippen molar-refractivity contribution in [1.82, 2.24) is 4.98 Å². The molecule has 0 fully saturated rings. The topological polar surface area (TPSA) is 154 Å². The lowest BCUT2D eigenvalue weighted by Crippen LogP contribution is -2.57.